The van der Waals surface area contributed by atoms with Crippen molar-refractivity contribution in [2.75, 3.05) is 50.1 Å². The molecule has 2 aromatic heterocycles. The van der Waals surface area contributed by atoms with Gasteiger partial charge in [-0.3, -0.25) is 39.0 Å². The van der Waals surface area contributed by atoms with Crippen LogP contribution in [0.1, 0.15) is 90.5 Å². The Morgan fingerprint density at radius 1 is 0.905 bits per heavy atom. The molecule has 5 aliphatic rings. The van der Waals surface area contributed by atoms with Crippen LogP contribution in [0.3, 0.4) is 0 Å². The molecule has 17 nitrogen and oxygen atoms in total. The van der Waals surface area contributed by atoms with E-state index in [1.807, 2.05) is 37.3 Å². The van der Waals surface area contributed by atoms with Crippen molar-refractivity contribution in [3.8, 4) is 5.75 Å². The molecule has 9 rings (SSSR count). The van der Waals surface area contributed by atoms with Gasteiger partial charge in [-0.25, -0.2) is 4.98 Å². The quantitative estimate of drug-likeness (QED) is 0.172. The molecule has 3 N–H and O–H groups in total. The fraction of sp³-hybridized carbons (Fsp3) is 0.467. The summed E-state index contributed by atoms with van der Waals surface area (Å²) in [5.74, 6) is -0.884. The first-order valence-electron chi connectivity index (χ1n) is 21.8. The molecule has 3 saturated heterocycles. The van der Waals surface area contributed by atoms with Gasteiger partial charge in [-0.05, 0) is 113 Å². The molecule has 63 heavy (non-hydrogen) atoms. The largest absolute Gasteiger partial charge is 0.478 e. The van der Waals surface area contributed by atoms with Gasteiger partial charge in [-0.15, -0.1) is 0 Å². The highest BCUT2D eigenvalue weighted by Gasteiger charge is 2.45. The molecule has 0 radical (unpaired) electrons. The minimum atomic E-state index is -0.969. The molecule has 4 aromatic rings. The fourth-order valence-electron chi connectivity index (χ4n) is 9.56. The van der Waals surface area contributed by atoms with Crippen LogP contribution in [0.2, 0.25) is 5.02 Å². The van der Waals surface area contributed by atoms with Crippen LogP contribution < -0.4 is 31.1 Å². The van der Waals surface area contributed by atoms with Crippen LogP contribution in [0.5, 0.6) is 5.75 Å². The first-order valence-corrected chi connectivity index (χ1v) is 22.2. The molecule has 2 aromatic carbocycles. The molecular weight excluding hydrogens is 830 g/mol. The van der Waals surface area contributed by atoms with Crippen molar-refractivity contribution >= 4 is 69.5 Å². The van der Waals surface area contributed by atoms with E-state index in [0.29, 0.717) is 46.2 Å². The molecule has 1 aliphatic carbocycles. The highest BCUT2D eigenvalue weighted by molar-refractivity contribution is 6.33. The average molecular weight is 880 g/mol. The molecule has 0 bridgehead atoms. The number of likely N-dealkylation sites (N-methyl/N-ethyl adjacent to an activating group) is 1. The summed E-state index contributed by atoms with van der Waals surface area (Å²) >= 11 is 6.58. The summed E-state index contributed by atoms with van der Waals surface area (Å²) in [6, 6.07) is 12.2. The summed E-state index contributed by atoms with van der Waals surface area (Å²) in [6.45, 7) is 5.43. The van der Waals surface area contributed by atoms with Crippen LogP contribution >= 0.6 is 11.6 Å². The third-order valence-electron chi connectivity index (χ3n) is 13.2. The van der Waals surface area contributed by atoms with Crippen molar-refractivity contribution in [2.45, 2.75) is 95.0 Å². The van der Waals surface area contributed by atoms with E-state index in [1.165, 1.54) is 7.05 Å². The molecular formula is C45H50ClN9O8. The topological polar surface area (TPSA) is 197 Å². The maximum absolute atomic E-state index is 13.4. The number of carbonyl (C=O) groups excluding carboxylic acids is 5. The Hall–Kier alpha value is -5.91. The van der Waals surface area contributed by atoms with E-state index in [0.717, 1.165) is 86.1 Å². The molecule has 0 spiro atoms. The number of aromatic nitrogens is 3. The summed E-state index contributed by atoms with van der Waals surface area (Å²) in [5.41, 5.74) is 2.82. The van der Waals surface area contributed by atoms with Gasteiger partial charge in [0.05, 0.1) is 35.0 Å². The van der Waals surface area contributed by atoms with Gasteiger partial charge in [0.25, 0.3) is 23.3 Å². The van der Waals surface area contributed by atoms with Crippen LogP contribution in [0, 0.1) is 0 Å². The van der Waals surface area contributed by atoms with Crippen molar-refractivity contribution < 1.29 is 33.4 Å². The number of carbonyl (C=O) groups is 5. The summed E-state index contributed by atoms with van der Waals surface area (Å²) in [7, 11) is 1.51. The molecule has 6 heterocycles. The highest BCUT2D eigenvalue weighted by atomic mass is 35.5. The number of ether oxygens (including phenoxy) is 2. The number of hydrogen-bond donors (Lipinski definition) is 3. The Kier molecular flexibility index (Phi) is 11.9. The first kappa shape index (κ1) is 42.4. The molecule has 330 valence electrons. The van der Waals surface area contributed by atoms with E-state index in [4.69, 9.17) is 26.1 Å². The lowest BCUT2D eigenvalue weighted by molar-refractivity contribution is -0.136. The van der Waals surface area contributed by atoms with Crippen molar-refractivity contribution in [3.63, 3.8) is 0 Å². The average Bonchev–Trinajstić information content (AvgIpc) is 3.52. The molecule has 1 atom stereocenters. The van der Waals surface area contributed by atoms with E-state index in [9.17, 15) is 28.8 Å². The van der Waals surface area contributed by atoms with Crippen LogP contribution in [0.4, 0.5) is 17.5 Å². The van der Waals surface area contributed by atoms with E-state index in [-0.39, 0.29) is 54.8 Å². The van der Waals surface area contributed by atoms with Gasteiger partial charge in [0, 0.05) is 50.2 Å². The van der Waals surface area contributed by atoms with Crippen LogP contribution in [-0.4, -0.2) is 118 Å². The molecule has 0 unspecified atom stereocenters. The first-order chi connectivity index (χ1) is 30.5. The Morgan fingerprint density at radius 3 is 2.40 bits per heavy atom. The van der Waals surface area contributed by atoms with E-state index < -0.39 is 29.7 Å². The van der Waals surface area contributed by atoms with Gasteiger partial charge in [0.2, 0.25) is 17.8 Å². The molecule has 4 fully saturated rings. The second kappa shape index (κ2) is 17.7. The number of benzene rings is 2. The van der Waals surface area contributed by atoms with E-state index in [2.05, 4.69) is 30.7 Å². The van der Waals surface area contributed by atoms with Gasteiger partial charge >= 0.3 is 0 Å². The number of piperidine rings is 3. The number of fused-ring (bicyclic) bond motifs is 2. The Bertz CT molecular complexity index is 2550. The standard InChI is InChI=1S/C45H50ClN9O8/c1-3-54-35-7-5-28(18-27(35)20-37(44(54)61)62-24-39(57)47-2)49-40-34(46)23-48-45(51-40)53-16-12-30(13-17-53)63-31-21-29(22-31)52-14-10-25(11-15-52)26-4-6-32-33(19-26)43(60)55(42(32)59)36-8-9-38(56)50-41(36)58/h4-7,18-20,23,25,29-31,36H,3,8-17,21-22,24H2,1-2H3,(H,47,57)(H,48,49,51)(H,50,56,58)/t29?,31?,36-/m1/s1. The van der Waals surface area contributed by atoms with Gasteiger partial charge in [-0.2, -0.15) is 4.98 Å². The highest BCUT2D eigenvalue weighted by Crippen LogP contribution is 2.38. The number of hydrogen-bond acceptors (Lipinski definition) is 13. The second-order valence-electron chi connectivity index (χ2n) is 16.9. The Labute approximate surface area is 368 Å². The zero-order valence-corrected chi connectivity index (χ0v) is 36.0. The summed E-state index contributed by atoms with van der Waals surface area (Å²) in [4.78, 5) is 90.5. The summed E-state index contributed by atoms with van der Waals surface area (Å²) < 4.78 is 13.8. The van der Waals surface area contributed by atoms with E-state index >= 15 is 0 Å². The number of rotatable bonds is 12. The normalized spacial score (nSPS) is 22.2. The van der Waals surface area contributed by atoms with Crippen LogP contribution in [0.25, 0.3) is 10.9 Å². The maximum atomic E-state index is 13.4. The number of halogens is 1. The molecule has 5 amide bonds. The smallest absolute Gasteiger partial charge is 0.293 e. The predicted octanol–water partition coefficient (Wildman–Crippen LogP) is 4.13. The predicted molar refractivity (Wildman–Crippen MR) is 234 cm³/mol. The van der Waals surface area contributed by atoms with Gasteiger partial charge < -0.3 is 34.5 Å². The van der Waals surface area contributed by atoms with Gasteiger partial charge in [-0.1, -0.05) is 17.7 Å². The Balaban J connectivity index is 0.740. The number of nitrogens with one attached hydrogen (secondary N) is 3. The number of imide groups is 2. The summed E-state index contributed by atoms with van der Waals surface area (Å²) in [5, 5.41) is 9.18. The van der Waals surface area contributed by atoms with Gasteiger partial charge in [0.15, 0.2) is 18.2 Å². The molecule has 4 aliphatic heterocycles. The minimum absolute atomic E-state index is 0.0902. The van der Waals surface area contributed by atoms with Crippen molar-refractivity contribution in [1.82, 2.24) is 35.0 Å². The molecule has 18 heteroatoms. The fourth-order valence-corrected chi connectivity index (χ4v) is 9.70. The lowest BCUT2D eigenvalue weighted by Crippen LogP contribution is -2.54. The third-order valence-corrected chi connectivity index (χ3v) is 13.4. The van der Waals surface area contributed by atoms with Gasteiger partial charge in [0.1, 0.15) is 11.1 Å². The van der Waals surface area contributed by atoms with Crippen molar-refractivity contribution in [3.05, 3.63) is 80.7 Å². The zero-order chi connectivity index (χ0) is 43.9. The number of aryl methyl sites for hydroxylation is 1. The number of anilines is 3. The number of likely N-dealkylation sites (tertiary alicyclic amines) is 1. The van der Waals surface area contributed by atoms with Crippen LogP contribution in [-0.2, 0) is 25.7 Å². The number of amides is 5. The molecule has 1 saturated carbocycles. The maximum Gasteiger partial charge on any atom is 0.293 e. The lowest BCUT2D eigenvalue weighted by Gasteiger charge is -2.47. The number of pyridine rings is 1. The minimum Gasteiger partial charge on any atom is -0.478 e. The lowest BCUT2D eigenvalue weighted by atomic mass is 9.83. The van der Waals surface area contributed by atoms with E-state index in [1.54, 1.807) is 22.9 Å². The van der Waals surface area contributed by atoms with Crippen molar-refractivity contribution in [1.29, 1.82) is 0 Å². The second-order valence-corrected chi connectivity index (χ2v) is 17.3. The Morgan fingerprint density at radius 2 is 1.67 bits per heavy atom. The number of nitrogens with zero attached hydrogens (tertiary/aromatic N) is 6. The zero-order valence-electron chi connectivity index (χ0n) is 35.2. The third kappa shape index (κ3) is 8.48. The van der Waals surface area contributed by atoms with Crippen molar-refractivity contribution in [2.24, 2.45) is 0 Å². The monoisotopic (exact) mass is 879 g/mol. The SMILES string of the molecule is CCn1c(=O)c(OCC(=O)NC)cc2cc(Nc3nc(N4CCC(OC5CC(N6CCC(c7ccc8c(c7)C(=O)N([C@@H]7CCC(=O)NC7=O)C8=O)CC6)C5)CC4)ncc3Cl)ccc21. The summed E-state index contributed by atoms with van der Waals surface area (Å²) in [6.07, 6.45) is 7.83. The van der Waals surface area contributed by atoms with Crippen LogP contribution in [0.15, 0.2) is 53.5 Å².